The maximum absolute atomic E-state index is 13.0. The normalized spacial score (nSPS) is 13.3. The Hall–Kier alpha value is -3.73. The molecule has 1 heterocycles. The van der Waals surface area contributed by atoms with Crippen LogP contribution in [-0.2, 0) is 11.2 Å². The summed E-state index contributed by atoms with van der Waals surface area (Å²) in [5.74, 6) is 0.933. The van der Waals surface area contributed by atoms with Crippen molar-refractivity contribution in [2.45, 2.75) is 44.1 Å². The third-order valence-corrected chi connectivity index (χ3v) is 6.53. The summed E-state index contributed by atoms with van der Waals surface area (Å²) in [6, 6.07) is 28.5. The van der Waals surface area contributed by atoms with Gasteiger partial charge in [0.1, 0.15) is 5.82 Å². The van der Waals surface area contributed by atoms with E-state index in [9.17, 15) is 9.59 Å². The Morgan fingerprint density at radius 3 is 2.18 bits per heavy atom. The maximum Gasteiger partial charge on any atom is 0.261 e. The summed E-state index contributed by atoms with van der Waals surface area (Å²) in [5, 5.41) is 3.73. The zero-order valence-electron chi connectivity index (χ0n) is 19.2. The van der Waals surface area contributed by atoms with Crippen LogP contribution in [0.1, 0.15) is 54.6 Å². The third kappa shape index (κ3) is 4.93. The number of hydrogen-bond donors (Lipinski definition) is 1. The van der Waals surface area contributed by atoms with Crippen molar-refractivity contribution in [3.8, 4) is 0 Å². The Labute approximate surface area is 199 Å². The average molecular weight is 452 g/mol. The lowest BCUT2D eigenvalue weighted by Gasteiger charge is -2.18. The fraction of sp³-hybridized carbons (Fsp3) is 0.276. The molecule has 1 N–H and O–H groups in total. The van der Waals surface area contributed by atoms with Crippen LogP contribution in [0.25, 0.3) is 10.9 Å². The van der Waals surface area contributed by atoms with Crippen LogP contribution in [0.15, 0.2) is 89.7 Å². The number of fused-ring (bicyclic) bond motifs is 1. The van der Waals surface area contributed by atoms with Crippen molar-refractivity contribution >= 4 is 16.8 Å². The van der Waals surface area contributed by atoms with E-state index in [1.165, 1.54) is 11.1 Å². The lowest BCUT2D eigenvalue weighted by Crippen LogP contribution is -2.28. The van der Waals surface area contributed by atoms with Crippen LogP contribution >= 0.6 is 0 Å². The molecule has 1 aromatic heterocycles. The Bertz CT molecular complexity index is 1290. The summed E-state index contributed by atoms with van der Waals surface area (Å²) >= 11 is 0. The Morgan fingerprint density at radius 2 is 1.53 bits per heavy atom. The van der Waals surface area contributed by atoms with Gasteiger partial charge in [0.25, 0.3) is 5.56 Å². The molecule has 1 aliphatic rings. The molecule has 1 saturated carbocycles. The highest BCUT2D eigenvalue weighted by atomic mass is 16.1. The molecule has 5 heteroatoms. The molecule has 1 amide bonds. The van der Waals surface area contributed by atoms with E-state index >= 15 is 0 Å². The van der Waals surface area contributed by atoms with Gasteiger partial charge in [-0.25, -0.2) is 4.98 Å². The molecule has 5 nitrogen and oxygen atoms in total. The number of hydrogen-bond acceptors (Lipinski definition) is 3. The largest absolute Gasteiger partial charge is 0.356 e. The lowest BCUT2D eigenvalue weighted by molar-refractivity contribution is -0.121. The molecule has 4 aromatic rings. The van der Waals surface area contributed by atoms with E-state index in [1.807, 2.05) is 41.0 Å². The number of carbonyl (C=O) groups is 1. The summed E-state index contributed by atoms with van der Waals surface area (Å²) in [7, 11) is 0. The quantitative estimate of drug-likeness (QED) is 0.389. The van der Waals surface area contributed by atoms with Crippen LogP contribution in [0.2, 0.25) is 0 Å². The SMILES string of the molecule is O=C(CCc1nc2ccccc2c(=O)n1C1CC1)NCCC(c1ccccc1)c1ccccc1. The molecule has 0 radical (unpaired) electrons. The van der Waals surface area contributed by atoms with Gasteiger partial charge in [0, 0.05) is 31.3 Å². The van der Waals surface area contributed by atoms with Gasteiger partial charge in [-0.05, 0) is 42.5 Å². The highest BCUT2D eigenvalue weighted by Gasteiger charge is 2.28. The minimum absolute atomic E-state index is 0.00960. The second kappa shape index (κ2) is 10.0. The zero-order chi connectivity index (χ0) is 23.3. The zero-order valence-corrected chi connectivity index (χ0v) is 19.2. The molecule has 1 fully saturated rings. The fourth-order valence-electron chi connectivity index (χ4n) is 4.64. The Morgan fingerprint density at radius 1 is 0.912 bits per heavy atom. The van der Waals surface area contributed by atoms with Crippen LogP contribution in [0, 0.1) is 0 Å². The minimum atomic E-state index is -0.00960. The topological polar surface area (TPSA) is 64.0 Å². The molecule has 0 bridgehead atoms. The van der Waals surface area contributed by atoms with Gasteiger partial charge >= 0.3 is 0 Å². The second-order valence-electron chi connectivity index (χ2n) is 8.96. The Balaban J connectivity index is 1.23. The minimum Gasteiger partial charge on any atom is -0.356 e. The number of benzene rings is 3. The molecule has 0 aliphatic heterocycles. The molecular formula is C29H29N3O2. The molecule has 34 heavy (non-hydrogen) atoms. The highest BCUT2D eigenvalue weighted by molar-refractivity contribution is 5.78. The van der Waals surface area contributed by atoms with Gasteiger partial charge in [-0.3, -0.25) is 14.2 Å². The van der Waals surface area contributed by atoms with Crippen molar-refractivity contribution in [2.75, 3.05) is 6.54 Å². The number of amides is 1. The average Bonchev–Trinajstić information content (AvgIpc) is 3.72. The number of nitrogens with one attached hydrogen (secondary N) is 1. The first kappa shape index (κ1) is 22.1. The van der Waals surface area contributed by atoms with Crippen molar-refractivity contribution in [2.24, 2.45) is 0 Å². The number of aromatic nitrogens is 2. The number of carbonyl (C=O) groups excluding carboxylic acids is 1. The van der Waals surface area contributed by atoms with Gasteiger partial charge in [-0.2, -0.15) is 0 Å². The highest BCUT2D eigenvalue weighted by Crippen LogP contribution is 2.35. The van der Waals surface area contributed by atoms with E-state index in [0.717, 1.165) is 19.3 Å². The summed E-state index contributed by atoms with van der Waals surface area (Å²) in [4.78, 5) is 30.4. The van der Waals surface area contributed by atoms with E-state index < -0.39 is 0 Å². The van der Waals surface area contributed by atoms with Crippen LogP contribution in [0.5, 0.6) is 0 Å². The second-order valence-corrected chi connectivity index (χ2v) is 8.96. The third-order valence-electron chi connectivity index (χ3n) is 6.53. The van der Waals surface area contributed by atoms with Crippen molar-refractivity contribution in [3.63, 3.8) is 0 Å². The number of aryl methyl sites for hydroxylation is 1. The first-order chi connectivity index (χ1) is 16.7. The van der Waals surface area contributed by atoms with Gasteiger partial charge in [0.05, 0.1) is 10.9 Å². The lowest BCUT2D eigenvalue weighted by atomic mass is 9.88. The van der Waals surface area contributed by atoms with Gasteiger partial charge in [-0.1, -0.05) is 72.8 Å². The van der Waals surface area contributed by atoms with E-state index in [-0.39, 0.29) is 23.4 Å². The van der Waals surface area contributed by atoms with E-state index in [2.05, 4.69) is 53.8 Å². The standard InChI is InChI=1S/C29H29N3O2/c33-28(30-20-19-24(21-9-3-1-4-10-21)22-11-5-2-6-12-22)18-17-27-31-26-14-8-7-13-25(26)29(34)32(27)23-15-16-23/h1-14,23-24H,15-20H2,(H,30,33). The van der Waals surface area contributed by atoms with E-state index in [1.54, 1.807) is 0 Å². The summed E-state index contributed by atoms with van der Waals surface area (Å²) in [6.07, 6.45) is 3.60. The van der Waals surface area contributed by atoms with Crippen LogP contribution < -0.4 is 10.9 Å². The van der Waals surface area contributed by atoms with Crippen LogP contribution in [-0.4, -0.2) is 22.0 Å². The monoisotopic (exact) mass is 451 g/mol. The molecule has 1 aliphatic carbocycles. The van der Waals surface area contributed by atoms with Gasteiger partial charge < -0.3 is 5.32 Å². The van der Waals surface area contributed by atoms with Crippen molar-refractivity contribution in [1.82, 2.24) is 14.9 Å². The van der Waals surface area contributed by atoms with Crippen molar-refractivity contribution in [1.29, 1.82) is 0 Å². The number of nitrogens with zero attached hydrogens (tertiary/aromatic N) is 2. The maximum atomic E-state index is 13.0. The summed E-state index contributed by atoms with van der Waals surface area (Å²) < 4.78 is 1.82. The molecule has 0 saturated heterocycles. The predicted molar refractivity (Wildman–Crippen MR) is 135 cm³/mol. The van der Waals surface area contributed by atoms with Crippen molar-refractivity contribution in [3.05, 3.63) is 112 Å². The van der Waals surface area contributed by atoms with Gasteiger partial charge in [0.2, 0.25) is 5.91 Å². The summed E-state index contributed by atoms with van der Waals surface area (Å²) in [5.41, 5.74) is 3.21. The predicted octanol–water partition coefficient (Wildman–Crippen LogP) is 5.00. The molecule has 5 rings (SSSR count). The number of para-hydroxylation sites is 1. The van der Waals surface area contributed by atoms with Gasteiger partial charge in [0.15, 0.2) is 0 Å². The molecular weight excluding hydrogens is 422 g/mol. The van der Waals surface area contributed by atoms with E-state index in [4.69, 9.17) is 4.98 Å². The molecule has 172 valence electrons. The fourth-order valence-corrected chi connectivity index (χ4v) is 4.64. The van der Waals surface area contributed by atoms with Crippen molar-refractivity contribution < 1.29 is 4.79 Å². The molecule has 0 spiro atoms. The molecule has 3 aromatic carbocycles. The molecule has 0 atom stereocenters. The van der Waals surface area contributed by atoms with E-state index in [0.29, 0.717) is 36.1 Å². The molecule has 0 unspecified atom stereocenters. The van der Waals surface area contributed by atoms with Crippen LogP contribution in [0.4, 0.5) is 0 Å². The summed E-state index contributed by atoms with van der Waals surface area (Å²) in [6.45, 7) is 0.591. The first-order valence-corrected chi connectivity index (χ1v) is 12.1. The number of rotatable bonds is 9. The Kier molecular flexibility index (Phi) is 6.52. The van der Waals surface area contributed by atoms with Gasteiger partial charge in [-0.15, -0.1) is 0 Å². The first-order valence-electron chi connectivity index (χ1n) is 12.1. The van der Waals surface area contributed by atoms with Crippen LogP contribution in [0.3, 0.4) is 0 Å². The smallest absolute Gasteiger partial charge is 0.261 e.